The SMILES string of the molecule is CC1=CC(=O)CC(C)(C)/C1=C/C=C(C)/C=C/C=C(C)/C=C/C=C/C(C)=C/C=C/C(C)=C/C=C1\C(C)=CC(O)CC1(C)C.CC1=CC(=O)CC(C)(C)/C1=C/C=C(C)/C=C/C=C(C)/C=C/C=C/C(C)=C/C=C/C(C)=C/C=C1\C(C)=CC(O)CC1(C)C. The Kier molecular flexibility index (Phi) is 28.4. The van der Waals surface area contributed by atoms with Crippen molar-refractivity contribution in [2.75, 3.05) is 0 Å². The van der Waals surface area contributed by atoms with E-state index in [1.54, 1.807) is 12.2 Å². The molecule has 0 aromatic heterocycles. The summed E-state index contributed by atoms with van der Waals surface area (Å²) in [5.41, 5.74) is 18.6. The van der Waals surface area contributed by atoms with Crippen molar-refractivity contribution in [3.63, 3.8) is 0 Å². The summed E-state index contributed by atoms with van der Waals surface area (Å²) in [4.78, 5) is 23.8. The molecular formula is C80H104O4. The fourth-order valence-corrected chi connectivity index (χ4v) is 11.0. The predicted molar refractivity (Wildman–Crippen MR) is 366 cm³/mol. The summed E-state index contributed by atoms with van der Waals surface area (Å²) in [6.07, 6.45) is 68.5. The van der Waals surface area contributed by atoms with E-state index in [9.17, 15) is 19.8 Å². The normalized spacial score (nSPS) is 24.6. The van der Waals surface area contributed by atoms with Gasteiger partial charge in [0, 0.05) is 12.8 Å². The minimum Gasteiger partial charge on any atom is -0.389 e. The maximum atomic E-state index is 11.9. The molecule has 448 valence electrons. The second kappa shape index (κ2) is 33.5. The van der Waals surface area contributed by atoms with E-state index in [1.165, 1.54) is 55.7 Å². The molecule has 84 heavy (non-hydrogen) atoms. The van der Waals surface area contributed by atoms with Crippen LogP contribution >= 0.6 is 0 Å². The Morgan fingerprint density at radius 2 is 0.560 bits per heavy atom. The lowest BCUT2D eigenvalue weighted by Gasteiger charge is -2.34. The van der Waals surface area contributed by atoms with Crippen LogP contribution in [0.5, 0.6) is 0 Å². The molecule has 0 aromatic rings. The Bertz CT molecular complexity index is 2970. The minimum atomic E-state index is -0.354. The zero-order chi connectivity index (χ0) is 63.0. The fourth-order valence-electron chi connectivity index (χ4n) is 11.0. The molecule has 0 radical (unpaired) electrons. The van der Waals surface area contributed by atoms with E-state index in [2.05, 4.69) is 295 Å². The van der Waals surface area contributed by atoms with Crippen LogP contribution < -0.4 is 0 Å². The smallest absolute Gasteiger partial charge is 0.156 e. The standard InChI is InChI=1S/2C40H52O2/c2*1-29(17-13-19-31(3)21-23-37-33(5)25-35(41)27-39(37,7)8)15-11-12-16-30(2)18-14-20-32(4)22-24-38-34(6)26-36(42)28-40(38,9)10/h2*11-26,35,41H,27-28H2,1-10H3/b2*15-11+,16-12+,19-13+,20-14+,29-17+,30-18+,31-21+,32-22+,37-23+,38-24+. The average molecular weight is 1130 g/mol. The molecule has 4 nitrogen and oxygen atoms in total. The molecule has 2 atom stereocenters. The summed E-state index contributed by atoms with van der Waals surface area (Å²) in [5.74, 6) is 0.424. The van der Waals surface area contributed by atoms with Crippen LogP contribution in [0.15, 0.2) is 284 Å². The summed E-state index contributed by atoms with van der Waals surface area (Å²) in [7, 11) is 0. The van der Waals surface area contributed by atoms with Gasteiger partial charge in [0.25, 0.3) is 0 Å². The van der Waals surface area contributed by atoms with Crippen molar-refractivity contribution >= 4 is 11.6 Å². The molecule has 0 saturated carbocycles. The van der Waals surface area contributed by atoms with Gasteiger partial charge in [0.1, 0.15) is 0 Å². The molecule has 0 aliphatic heterocycles. The quantitative estimate of drug-likeness (QED) is 0.134. The Hall–Kier alpha value is -6.98. The summed E-state index contributed by atoms with van der Waals surface area (Å²) in [6.45, 7) is 42.3. The van der Waals surface area contributed by atoms with Crippen LogP contribution in [0.1, 0.15) is 164 Å². The monoisotopic (exact) mass is 1130 g/mol. The van der Waals surface area contributed by atoms with Gasteiger partial charge in [-0.2, -0.15) is 0 Å². The lowest BCUT2D eigenvalue weighted by Crippen LogP contribution is -2.27. The molecule has 2 unspecified atom stereocenters. The number of carbonyl (C=O) groups is 2. The first kappa shape index (κ1) is 71.3. The van der Waals surface area contributed by atoms with Gasteiger partial charge in [-0.3, -0.25) is 9.59 Å². The molecule has 4 rings (SSSR count). The van der Waals surface area contributed by atoms with E-state index in [-0.39, 0.29) is 45.4 Å². The van der Waals surface area contributed by atoms with Gasteiger partial charge in [-0.05, 0) is 174 Å². The van der Waals surface area contributed by atoms with E-state index in [1.807, 2.05) is 26.0 Å². The molecule has 4 aliphatic carbocycles. The molecule has 0 fully saturated rings. The van der Waals surface area contributed by atoms with Gasteiger partial charge in [-0.1, -0.05) is 282 Å². The number of rotatable bonds is 18. The lowest BCUT2D eigenvalue weighted by atomic mass is 9.72. The first-order valence-electron chi connectivity index (χ1n) is 30.0. The summed E-state index contributed by atoms with van der Waals surface area (Å²) in [6, 6.07) is 0. The third-order valence-corrected chi connectivity index (χ3v) is 15.5. The topological polar surface area (TPSA) is 74.6 Å². The second-order valence-corrected chi connectivity index (χ2v) is 26.2. The number of aliphatic hydroxyl groups excluding tert-OH is 2. The van der Waals surface area contributed by atoms with E-state index < -0.39 is 0 Å². The fraction of sp³-hybridized carbons (Fsp3) is 0.375. The minimum absolute atomic E-state index is 0.0289. The summed E-state index contributed by atoms with van der Waals surface area (Å²) >= 11 is 0. The third kappa shape index (κ3) is 25.5. The number of carbonyl (C=O) groups excluding carboxylic acids is 2. The van der Waals surface area contributed by atoms with Crippen LogP contribution in [-0.2, 0) is 9.59 Å². The maximum Gasteiger partial charge on any atom is 0.156 e. The molecule has 2 N–H and O–H groups in total. The van der Waals surface area contributed by atoms with Crippen LogP contribution in [0.25, 0.3) is 0 Å². The zero-order valence-electron chi connectivity index (χ0n) is 55.2. The first-order chi connectivity index (χ1) is 39.2. The highest BCUT2D eigenvalue weighted by molar-refractivity contribution is 5.94. The van der Waals surface area contributed by atoms with Crippen molar-refractivity contribution in [2.24, 2.45) is 21.7 Å². The molecule has 0 bridgehead atoms. The van der Waals surface area contributed by atoms with Crippen LogP contribution in [0, 0.1) is 21.7 Å². The highest BCUT2D eigenvalue weighted by Gasteiger charge is 2.33. The largest absolute Gasteiger partial charge is 0.389 e. The van der Waals surface area contributed by atoms with Crippen molar-refractivity contribution < 1.29 is 19.8 Å². The number of hydrogen-bond acceptors (Lipinski definition) is 4. The number of ketones is 2. The van der Waals surface area contributed by atoms with Gasteiger partial charge in [-0.15, -0.1) is 0 Å². The Morgan fingerprint density at radius 3 is 0.786 bits per heavy atom. The molecular weight excluding hydrogens is 1020 g/mol. The van der Waals surface area contributed by atoms with Crippen molar-refractivity contribution in [3.8, 4) is 0 Å². The van der Waals surface area contributed by atoms with Crippen molar-refractivity contribution in [3.05, 3.63) is 284 Å². The molecule has 4 aliphatic rings. The first-order valence-corrected chi connectivity index (χ1v) is 30.0. The Labute approximate surface area is 510 Å². The molecule has 0 saturated heterocycles. The van der Waals surface area contributed by atoms with E-state index in [0.717, 1.165) is 46.3 Å². The van der Waals surface area contributed by atoms with Gasteiger partial charge < -0.3 is 10.2 Å². The second-order valence-electron chi connectivity index (χ2n) is 26.2. The van der Waals surface area contributed by atoms with Gasteiger partial charge in [0.15, 0.2) is 11.6 Å². The van der Waals surface area contributed by atoms with Gasteiger partial charge >= 0.3 is 0 Å². The summed E-state index contributed by atoms with van der Waals surface area (Å²) < 4.78 is 0. The summed E-state index contributed by atoms with van der Waals surface area (Å²) in [5, 5.41) is 20.1. The molecule has 4 heteroatoms. The highest BCUT2D eigenvalue weighted by atomic mass is 16.3. The van der Waals surface area contributed by atoms with E-state index in [4.69, 9.17) is 0 Å². The van der Waals surface area contributed by atoms with Gasteiger partial charge in [0.2, 0.25) is 0 Å². The van der Waals surface area contributed by atoms with Crippen molar-refractivity contribution in [1.29, 1.82) is 0 Å². The van der Waals surface area contributed by atoms with Gasteiger partial charge in [0.05, 0.1) is 12.2 Å². The lowest BCUT2D eigenvalue weighted by molar-refractivity contribution is -0.117. The molecule has 0 heterocycles. The highest BCUT2D eigenvalue weighted by Crippen LogP contribution is 2.43. The Morgan fingerprint density at radius 1 is 0.345 bits per heavy atom. The van der Waals surface area contributed by atoms with Gasteiger partial charge in [-0.25, -0.2) is 0 Å². The van der Waals surface area contributed by atoms with E-state index in [0.29, 0.717) is 12.8 Å². The maximum absolute atomic E-state index is 11.9. The van der Waals surface area contributed by atoms with Crippen molar-refractivity contribution in [1.82, 2.24) is 0 Å². The molecule has 0 amide bonds. The van der Waals surface area contributed by atoms with E-state index >= 15 is 0 Å². The van der Waals surface area contributed by atoms with Crippen LogP contribution in [-0.4, -0.2) is 34.0 Å². The van der Waals surface area contributed by atoms with Crippen molar-refractivity contribution in [2.45, 2.75) is 176 Å². The average Bonchev–Trinajstić information content (AvgIpc) is 2.46. The van der Waals surface area contributed by atoms with Crippen LogP contribution in [0.4, 0.5) is 0 Å². The van der Waals surface area contributed by atoms with Crippen LogP contribution in [0.3, 0.4) is 0 Å². The predicted octanol–water partition coefficient (Wildman–Crippen LogP) is 21.1. The molecule has 0 aromatic carbocycles. The third-order valence-electron chi connectivity index (χ3n) is 15.5. The number of aliphatic hydroxyl groups is 2. The zero-order valence-corrected chi connectivity index (χ0v) is 55.2. The molecule has 0 spiro atoms. The van der Waals surface area contributed by atoms with Crippen LogP contribution in [0.2, 0.25) is 0 Å². The Balaban J connectivity index is 0.000000440. The number of allylic oxidation sites excluding steroid dienone is 46. The number of hydrogen-bond donors (Lipinski definition) is 2.